The lowest BCUT2D eigenvalue weighted by Gasteiger charge is -2.28. The summed E-state index contributed by atoms with van der Waals surface area (Å²) in [6.45, 7) is 2.58. The van der Waals surface area contributed by atoms with E-state index < -0.39 is 0 Å². The summed E-state index contributed by atoms with van der Waals surface area (Å²) in [6.07, 6.45) is 3.44. The molecule has 2 aliphatic heterocycles. The van der Waals surface area contributed by atoms with Crippen LogP contribution >= 0.6 is 0 Å². The standard InChI is InChI=1S/C18H21N5O2/c24-16-11-15(12-21(16)10-7-14-5-2-1-3-6-14)17(25)22-8-4-9-23-18(22)19-13-20-23/h1-3,5-6,13,15H,4,7-12H2/t15-/m0/s1. The van der Waals surface area contributed by atoms with Crippen LogP contribution in [0.3, 0.4) is 0 Å². The first-order valence-corrected chi connectivity index (χ1v) is 8.73. The number of carbonyl (C=O) groups excluding carboxylic acids is 2. The minimum atomic E-state index is -0.286. The molecule has 0 saturated carbocycles. The Labute approximate surface area is 146 Å². The molecule has 2 amide bonds. The van der Waals surface area contributed by atoms with Crippen LogP contribution in [-0.4, -0.2) is 51.1 Å². The third-order valence-corrected chi connectivity index (χ3v) is 4.93. The van der Waals surface area contributed by atoms with Crippen molar-refractivity contribution in [1.82, 2.24) is 19.7 Å². The summed E-state index contributed by atoms with van der Waals surface area (Å²) in [5.74, 6) is 0.371. The molecule has 1 aromatic carbocycles. The van der Waals surface area contributed by atoms with Gasteiger partial charge in [0.15, 0.2) is 0 Å². The topological polar surface area (TPSA) is 71.3 Å². The van der Waals surface area contributed by atoms with Crippen LogP contribution in [0.1, 0.15) is 18.4 Å². The van der Waals surface area contributed by atoms with Crippen molar-refractivity contribution in [3.63, 3.8) is 0 Å². The van der Waals surface area contributed by atoms with Crippen molar-refractivity contribution in [2.24, 2.45) is 5.92 Å². The van der Waals surface area contributed by atoms with Gasteiger partial charge in [-0.2, -0.15) is 10.1 Å². The van der Waals surface area contributed by atoms with Crippen LogP contribution in [0.2, 0.25) is 0 Å². The molecule has 1 saturated heterocycles. The second-order valence-corrected chi connectivity index (χ2v) is 6.60. The summed E-state index contributed by atoms with van der Waals surface area (Å²) >= 11 is 0. The summed E-state index contributed by atoms with van der Waals surface area (Å²) < 4.78 is 1.76. The quantitative estimate of drug-likeness (QED) is 0.836. The molecule has 25 heavy (non-hydrogen) atoms. The molecule has 2 aromatic rings. The maximum Gasteiger partial charge on any atom is 0.234 e. The molecule has 0 bridgehead atoms. The minimum absolute atomic E-state index is 0.00971. The largest absolute Gasteiger partial charge is 0.342 e. The van der Waals surface area contributed by atoms with Crippen LogP contribution < -0.4 is 4.90 Å². The number of aryl methyl sites for hydroxylation is 1. The average Bonchev–Trinajstić information content (AvgIpc) is 3.26. The van der Waals surface area contributed by atoms with Crippen molar-refractivity contribution < 1.29 is 9.59 Å². The Morgan fingerprint density at radius 3 is 2.88 bits per heavy atom. The smallest absolute Gasteiger partial charge is 0.234 e. The minimum Gasteiger partial charge on any atom is -0.342 e. The average molecular weight is 339 g/mol. The van der Waals surface area contributed by atoms with E-state index in [1.54, 1.807) is 9.58 Å². The number of nitrogens with zero attached hydrogens (tertiary/aromatic N) is 5. The fourth-order valence-electron chi connectivity index (χ4n) is 3.59. The summed E-state index contributed by atoms with van der Waals surface area (Å²) in [6, 6.07) is 10.1. The number of rotatable bonds is 4. The van der Waals surface area contributed by atoms with E-state index in [1.165, 1.54) is 11.9 Å². The van der Waals surface area contributed by atoms with E-state index in [-0.39, 0.29) is 24.2 Å². The monoisotopic (exact) mass is 339 g/mol. The van der Waals surface area contributed by atoms with Crippen LogP contribution in [0, 0.1) is 5.92 Å². The van der Waals surface area contributed by atoms with Gasteiger partial charge in [0.05, 0.1) is 5.92 Å². The van der Waals surface area contributed by atoms with Gasteiger partial charge in [-0.1, -0.05) is 30.3 Å². The Hall–Kier alpha value is -2.70. The highest BCUT2D eigenvalue weighted by Gasteiger charge is 2.38. The highest BCUT2D eigenvalue weighted by atomic mass is 16.2. The Kier molecular flexibility index (Phi) is 4.21. The second-order valence-electron chi connectivity index (χ2n) is 6.60. The first-order valence-electron chi connectivity index (χ1n) is 8.73. The van der Waals surface area contributed by atoms with Gasteiger partial charge in [-0.15, -0.1) is 0 Å². The number of aromatic nitrogens is 3. The Bertz CT molecular complexity index is 773. The molecule has 0 radical (unpaired) electrons. The molecule has 0 N–H and O–H groups in total. The lowest BCUT2D eigenvalue weighted by molar-refractivity contribution is -0.128. The number of amides is 2. The summed E-state index contributed by atoms with van der Waals surface area (Å²) in [5.41, 5.74) is 1.20. The number of hydrogen-bond donors (Lipinski definition) is 0. The molecule has 4 rings (SSSR count). The van der Waals surface area contributed by atoms with Crippen LogP contribution in [0.4, 0.5) is 5.95 Å². The van der Waals surface area contributed by atoms with E-state index in [4.69, 9.17) is 0 Å². The fourth-order valence-corrected chi connectivity index (χ4v) is 3.59. The van der Waals surface area contributed by atoms with Gasteiger partial charge in [-0.25, -0.2) is 4.68 Å². The van der Waals surface area contributed by atoms with Gasteiger partial charge in [-0.05, 0) is 18.4 Å². The third-order valence-electron chi connectivity index (χ3n) is 4.93. The van der Waals surface area contributed by atoms with Crippen LogP contribution in [0.5, 0.6) is 0 Å². The Morgan fingerprint density at radius 1 is 1.20 bits per heavy atom. The molecule has 0 unspecified atom stereocenters. The number of carbonyl (C=O) groups is 2. The molecule has 2 aliphatic rings. The Morgan fingerprint density at radius 2 is 2.04 bits per heavy atom. The SMILES string of the molecule is O=C1C[C@H](C(=O)N2CCCn3ncnc32)CN1CCc1ccccc1. The molecule has 1 aromatic heterocycles. The van der Waals surface area contributed by atoms with Crippen molar-refractivity contribution >= 4 is 17.8 Å². The first kappa shape index (κ1) is 15.8. The second kappa shape index (κ2) is 6.66. The van der Waals surface area contributed by atoms with Crippen LogP contribution in [-0.2, 0) is 22.6 Å². The van der Waals surface area contributed by atoms with Crippen molar-refractivity contribution in [1.29, 1.82) is 0 Å². The number of fused-ring (bicyclic) bond motifs is 1. The number of hydrogen-bond acceptors (Lipinski definition) is 4. The van der Waals surface area contributed by atoms with Gasteiger partial charge in [-0.3, -0.25) is 14.5 Å². The zero-order valence-electron chi connectivity index (χ0n) is 14.0. The predicted molar refractivity (Wildman–Crippen MR) is 91.8 cm³/mol. The van der Waals surface area contributed by atoms with Crippen molar-refractivity contribution in [3.8, 4) is 0 Å². The van der Waals surface area contributed by atoms with Crippen molar-refractivity contribution in [3.05, 3.63) is 42.2 Å². The number of anilines is 1. The fraction of sp³-hybridized carbons (Fsp3) is 0.444. The van der Waals surface area contributed by atoms with Gasteiger partial charge >= 0.3 is 0 Å². The molecule has 7 heteroatoms. The Balaban J connectivity index is 1.40. The number of benzene rings is 1. The van der Waals surface area contributed by atoms with E-state index in [0.29, 0.717) is 25.6 Å². The van der Waals surface area contributed by atoms with Gasteiger partial charge < -0.3 is 4.90 Å². The van der Waals surface area contributed by atoms with Gasteiger partial charge in [0.1, 0.15) is 6.33 Å². The maximum atomic E-state index is 12.9. The lowest BCUT2D eigenvalue weighted by atomic mass is 10.1. The van der Waals surface area contributed by atoms with Gasteiger partial charge in [0.2, 0.25) is 17.8 Å². The lowest BCUT2D eigenvalue weighted by Crippen LogP contribution is -2.42. The molecule has 1 atom stereocenters. The third kappa shape index (κ3) is 3.14. The van der Waals surface area contributed by atoms with E-state index in [1.807, 2.05) is 23.1 Å². The predicted octanol–water partition coefficient (Wildman–Crippen LogP) is 1.11. The van der Waals surface area contributed by atoms with Crippen LogP contribution in [0.25, 0.3) is 0 Å². The molecule has 130 valence electrons. The van der Waals surface area contributed by atoms with Crippen LogP contribution in [0.15, 0.2) is 36.7 Å². The highest BCUT2D eigenvalue weighted by molar-refractivity contribution is 5.98. The van der Waals surface area contributed by atoms with E-state index >= 15 is 0 Å². The van der Waals surface area contributed by atoms with Gasteiger partial charge in [0.25, 0.3) is 0 Å². The van der Waals surface area contributed by atoms with Gasteiger partial charge in [0, 0.05) is 32.6 Å². The van der Waals surface area contributed by atoms with Crippen molar-refractivity contribution in [2.45, 2.75) is 25.8 Å². The molecule has 3 heterocycles. The normalized spacial score (nSPS) is 20.0. The zero-order valence-corrected chi connectivity index (χ0v) is 14.0. The van der Waals surface area contributed by atoms with Crippen molar-refractivity contribution in [2.75, 3.05) is 24.5 Å². The number of likely N-dealkylation sites (tertiary alicyclic amines) is 1. The molecule has 0 spiro atoms. The molecular weight excluding hydrogens is 318 g/mol. The molecule has 1 fully saturated rings. The summed E-state index contributed by atoms with van der Waals surface area (Å²) in [4.78, 5) is 32.9. The maximum absolute atomic E-state index is 12.9. The molecular formula is C18H21N5O2. The first-order chi connectivity index (χ1) is 12.2. The van der Waals surface area contributed by atoms with E-state index in [9.17, 15) is 9.59 Å². The highest BCUT2D eigenvalue weighted by Crippen LogP contribution is 2.25. The van der Waals surface area contributed by atoms with E-state index in [0.717, 1.165) is 19.4 Å². The molecule has 7 nitrogen and oxygen atoms in total. The summed E-state index contributed by atoms with van der Waals surface area (Å²) in [7, 11) is 0. The zero-order chi connectivity index (χ0) is 17.2. The summed E-state index contributed by atoms with van der Waals surface area (Å²) in [5, 5.41) is 4.14. The van der Waals surface area contributed by atoms with E-state index in [2.05, 4.69) is 22.2 Å². The molecule has 0 aliphatic carbocycles.